The molecule has 0 spiro atoms. The van der Waals surface area contributed by atoms with E-state index in [-0.39, 0.29) is 0 Å². The van der Waals surface area contributed by atoms with E-state index in [0.717, 1.165) is 15.6 Å². The molecule has 86 valence electrons. The van der Waals surface area contributed by atoms with Crippen LogP contribution in [0.3, 0.4) is 0 Å². The van der Waals surface area contributed by atoms with Crippen molar-refractivity contribution in [1.29, 1.82) is 0 Å². The Balaban J connectivity index is 1.84. The predicted molar refractivity (Wildman–Crippen MR) is 71.2 cm³/mol. The van der Waals surface area contributed by atoms with Gasteiger partial charge in [-0.3, -0.25) is 4.21 Å². The van der Waals surface area contributed by atoms with Crippen LogP contribution in [0.4, 0.5) is 5.69 Å². The molecule has 1 aliphatic carbocycles. The van der Waals surface area contributed by atoms with E-state index >= 15 is 0 Å². The average molecular weight is 293 g/mol. The summed E-state index contributed by atoms with van der Waals surface area (Å²) in [6, 6.07) is 0. The molecule has 3 rings (SSSR count). The van der Waals surface area contributed by atoms with Crippen LogP contribution in [-0.2, 0) is 10.8 Å². The largest absolute Gasteiger partial charge is 0.302 e. The zero-order chi connectivity index (χ0) is 11.1. The molecule has 3 nitrogen and oxygen atoms in total. The Hall–Kier alpha value is -0.0400. The fourth-order valence-corrected chi connectivity index (χ4v) is 4.90. The number of hydrogen-bond donors (Lipinski definition) is 1. The summed E-state index contributed by atoms with van der Waals surface area (Å²) in [5.41, 5.74) is 0.773. The molecule has 1 aromatic heterocycles. The van der Waals surface area contributed by atoms with Crippen molar-refractivity contribution in [2.24, 2.45) is 10.9 Å². The zero-order valence-corrected chi connectivity index (χ0v) is 11.4. The van der Waals surface area contributed by atoms with Gasteiger partial charge in [0.05, 0.1) is 15.8 Å². The van der Waals surface area contributed by atoms with Crippen LogP contribution >= 0.6 is 34.9 Å². The van der Waals surface area contributed by atoms with Gasteiger partial charge in [-0.1, -0.05) is 11.6 Å². The first-order valence-corrected chi connectivity index (χ1v) is 8.30. The van der Waals surface area contributed by atoms with Crippen LogP contribution in [0.25, 0.3) is 0 Å². The van der Waals surface area contributed by atoms with Crippen molar-refractivity contribution in [1.82, 2.24) is 4.72 Å². The van der Waals surface area contributed by atoms with E-state index in [1.165, 1.54) is 24.8 Å². The van der Waals surface area contributed by atoms with Crippen molar-refractivity contribution in [3.63, 3.8) is 0 Å². The molecular weight excluding hydrogens is 284 g/mol. The Morgan fingerprint density at radius 1 is 1.62 bits per heavy atom. The lowest BCUT2D eigenvalue weighted by molar-refractivity contribution is 0.686. The van der Waals surface area contributed by atoms with Crippen LogP contribution < -0.4 is 4.72 Å². The van der Waals surface area contributed by atoms with Gasteiger partial charge in [0, 0.05) is 11.1 Å². The van der Waals surface area contributed by atoms with Gasteiger partial charge in [0.1, 0.15) is 9.90 Å². The maximum absolute atomic E-state index is 12.0. The van der Waals surface area contributed by atoms with E-state index in [0.29, 0.717) is 16.1 Å². The summed E-state index contributed by atoms with van der Waals surface area (Å²) in [5.74, 6) is 1.36. The minimum absolute atomic E-state index is 0.560. The number of fused-ring (bicyclic) bond motifs is 1. The normalized spacial score (nSPS) is 20.9. The summed E-state index contributed by atoms with van der Waals surface area (Å²) >= 11 is 9.02. The molecule has 1 fully saturated rings. The third-order valence-corrected chi connectivity index (χ3v) is 6.35. The Morgan fingerprint density at radius 3 is 3.19 bits per heavy atom. The van der Waals surface area contributed by atoms with Crippen molar-refractivity contribution >= 4 is 56.5 Å². The monoisotopic (exact) mass is 292 g/mol. The van der Waals surface area contributed by atoms with Crippen LogP contribution in [0.2, 0.25) is 5.02 Å². The summed E-state index contributed by atoms with van der Waals surface area (Å²) in [6.07, 6.45) is 2.41. The number of nitrogens with zero attached hydrogens (tertiary/aromatic N) is 1. The second kappa shape index (κ2) is 4.33. The minimum atomic E-state index is -1.01. The molecule has 0 saturated heterocycles. The molecule has 0 bridgehead atoms. The highest BCUT2D eigenvalue weighted by Gasteiger charge is 2.27. The van der Waals surface area contributed by atoms with Gasteiger partial charge in [0.25, 0.3) is 0 Å². The predicted octanol–water partition coefficient (Wildman–Crippen LogP) is 3.16. The summed E-state index contributed by atoms with van der Waals surface area (Å²) in [5, 5.41) is 3.07. The fraction of sp³-hybridized carbons (Fsp3) is 0.444. The lowest BCUT2D eigenvalue weighted by atomic mass is 10.5. The van der Waals surface area contributed by atoms with E-state index in [2.05, 4.69) is 9.71 Å². The van der Waals surface area contributed by atoms with Crippen molar-refractivity contribution in [3.05, 3.63) is 10.4 Å². The van der Waals surface area contributed by atoms with E-state index in [1.54, 1.807) is 11.3 Å². The van der Waals surface area contributed by atoms with Gasteiger partial charge in [-0.15, -0.1) is 11.3 Å². The number of hydrogen-bond acceptors (Lipinski definition) is 5. The highest BCUT2D eigenvalue weighted by atomic mass is 35.5. The lowest BCUT2D eigenvalue weighted by Gasteiger charge is -2.12. The second-order valence-electron chi connectivity index (χ2n) is 3.80. The van der Waals surface area contributed by atoms with Crippen molar-refractivity contribution in [3.8, 4) is 0 Å². The van der Waals surface area contributed by atoms with E-state index in [9.17, 15) is 4.21 Å². The standard InChI is InChI=1S/C9H9ClN2OS3/c10-6-3-14-8-7(6)11-9(12-15-8)16(13)4-5-1-2-5/h3,5H,1-2,4H2,(H,11,12). The molecule has 2 heterocycles. The molecule has 0 radical (unpaired) electrons. The Labute approximate surface area is 109 Å². The first kappa shape index (κ1) is 11.1. The van der Waals surface area contributed by atoms with Crippen LogP contribution in [0.1, 0.15) is 12.8 Å². The highest BCUT2D eigenvalue weighted by Crippen LogP contribution is 2.43. The molecule has 16 heavy (non-hydrogen) atoms. The zero-order valence-electron chi connectivity index (χ0n) is 8.23. The van der Waals surface area contributed by atoms with Gasteiger partial charge in [-0.2, -0.15) is 0 Å². The molecule has 1 saturated carbocycles. The average Bonchev–Trinajstić information content (AvgIpc) is 3.02. The number of rotatable bonds is 2. The van der Waals surface area contributed by atoms with E-state index in [1.807, 2.05) is 5.38 Å². The Bertz CT molecular complexity index is 481. The summed E-state index contributed by atoms with van der Waals surface area (Å²) < 4.78 is 16.0. The number of thiophene rings is 1. The molecule has 0 amide bonds. The van der Waals surface area contributed by atoms with Crippen LogP contribution in [0, 0.1) is 5.92 Å². The summed E-state index contributed by atoms with van der Waals surface area (Å²) in [6.45, 7) is 0. The first-order valence-electron chi connectivity index (χ1n) is 4.91. The summed E-state index contributed by atoms with van der Waals surface area (Å²) in [4.78, 5) is 4.35. The number of amidine groups is 1. The van der Waals surface area contributed by atoms with Gasteiger partial charge in [-0.25, -0.2) is 4.99 Å². The molecule has 1 atom stereocenters. The van der Waals surface area contributed by atoms with Gasteiger partial charge in [0.2, 0.25) is 5.17 Å². The van der Waals surface area contributed by atoms with E-state index in [4.69, 9.17) is 11.6 Å². The van der Waals surface area contributed by atoms with Crippen molar-refractivity contribution < 1.29 is 4.21 Å². The van der Waals surface area contributed by atoms with Crippen LogP contribution in [0.15, 0.2) is 14.6 Å². The smallest absolute Gasteiger partial charge is 0.203 e. The minimum Gasteiger partial charge on any atom is -0.302 e. The van der Waals surface area contributed by atoms with Gasteiger partial charge in [0.15, 0.2) is 0 Å². The molecule has 1 aliphatic heterocycles. The first-order chi connectivity index (χ1) is 7.74. The fourth-order valence-electron chi connectivity index (χ4n) is 1.38. The number of nitrogens with one attached hydrogen (secondary N) is 1. The van der Waals surface area contributed by atoms with Crippen LogP contribution in [0.5, 0.6) is 0 Å². The Kier molecular flexibility index (Phi) is 2.99. The molecular formula is C9H9ClN2OS3. The Morgan fingerprint density at radius 2 is 2.44 bits per heavy atom. The third-order valence-electron chi connectivity index (χ3n) is 2.43. The van der Waals surface area contributed by atoms with Gasteiger partial charge < -0.3 is 4.72 Å². The van der Waals surface area contributed by atoms with Gasteiger partial charge in [-0.05, 0) is 30.7 Å². The topological polar surface area (TPSA) is 41.5 Å². The quantitative estimate of drug-likeness (QED) is 0.851. The van der Waals surface area contributed by atoms with E-state index < -0.39 is 10.8 Å². The number of aliphatic imine (C=N–C) groups is 1. The van der Waals surface area contributed by atoms with Crippen molar-refractivity contribution in [2.45, 2.75) is 17.1 Å². The molecule has 1 N–H and O–H groups in total. The summed E-state index contributed by atoms with van der Waals surface area (Å²) in [7, 11) is -1.01. The highest BCUT2D eigenvalue weighted by molar-refractivity contribution is 8.06. The molecule has 2 aliphatic rings. The second-order valence-corrected chi connectivity index (χ2v) is 7.57. The lowest BCUT2D eigenvalue weighted by Crippen LogP contribution is -2.25. The maximum Gasteiger partial charge on any atom is 0.203 e. The molecule has 1 unspecified atom stereocenters. The SMILES string of the molecule is O=S(CC1CC1)C1=Nc2c(Cl)csc2SN1. The van der Waals surface area contributed by atoms with Crippen LogP contribution in [-0.4, -0.2) is 15.1 Å². The molecule has 1 aromatic rings. The van der Waals surface area contributed by atoms with Gasteiger partial charge >= 0.3 is 0 Å². The third kappa shape index (κ3) is 2.16. The number of halogens is 1. The molecule has 7 heteroatoms. The molecule has 0 aromatic carbocycles. The van der Waals surface area contributed by atoms with Crippen molar-refractivity contribution in [2.75, 3.05) is 5.75 Å². The maximum atomic E-state index is 12.0.